The second-order valence-electron chi connectivity index (χ2n) is 7.11. The third-order valence-electron chi connectivity index (χ3n) is 5.15. The van der Waals surface area contributed by atoms with Gasteiger partial charge in [-0.2, -0.15) is 0 Å². The van der Waals surface area contributed by atoms with Gasteiger partial charge in [-0.05, 0) is 60.9 Å². The number of aryl methyl sites for hydroxylation is 1. The van der Waals surface area contributed by atoms with Gasteiger partial charge in [0.05, 0.1) is 16.1 Å². The van der Waals surface area contributed by atoms with E-state index in [9.17, 15) is 13.2 Å². The standard InChI is InChI=1S/C23H19Cl2NO4S/c24-20-7-3-8-21(25)19(20)15-30-23(27)17-10-12-18(13-11-17)31(28,29)26-14-4-6-16-5-1-2-9-22(16)26/h1-3,5,7-13H,4,6,14-15H2. The van der Waals surface area contributed by atoms with Crippen molar-refractivity contribution in [1.82, 2.24) is 0 Å². The van der Waals surface area contributed by atoms with Crippen molar-refractivity contribution < 1.29 is 17.9 Å². The zero-order chi connectivity index (χ0) is 22.0. The van der Waals surface area contributed by atoms with E-state index in [0.717, 1.165) is 18.4 Å². The number of sulfonamides is 1. The van der Waals surface area contributed by atoms with Gasteiger partial charge in [0.1, 0.15) is 6.61 Å². The molecule has 160 valence electrons. The molecule has 4 rings (SSSR count). The summed E-state index contributed by atoms with van der Waals surface area (Å²) in [4.78, 5) is 12.5. The van der Waals surface area contributed by atoms with Crippen molar-refractivity contribution >= 4 is 44.9 Å². The molecular formula is C23H19Cl2NO4S. The van der Waals surface area contributed by atoms with Gasteiger partial charge < -0.3 is 4.74 Å². The first-order valence-electron chi connectivity index (χ1n) is 9.68. The summed E-state index contributed by atoms with van der Waals surface area (Å²) in [5.74, 6) is -0.594. The molecule has 0 atom stereocenters. The molecule has 0 unspecified atom stereocenters. The Balaban J connectivity index is 1.51. The summed E-state index contributed by atoms with van der Waals surface area (Å²) < 4.78 is 33.1. The molecule has 0 N–H and O–H groups in total. The number of nitrogens with zero attached hydrogens (tertiary/aromatic N) is 1. The third-order valence-corrected chi connectivity index (χ3v) is 7.69. The summed E-state index contributed by atoms with van der Waals surface area (Å²) in [7, 11) is -3.74. The van der Waals surface area contributed by atoms with Gasteiger partial charge in [0.2, 0.25) is 0 Å². The van der Waals surface area contributed by atoms with E-state index in [4.69, 9.17) is 27.9 Å². The summed E-state index contributed by atoms with van der Waals surface area (Å²) in [6.45, 7) is 0.337. The lowest BCUT2D eigenvalue weighted by atomic mass is 10.0. The summed E-state index contributed by atoms with van der Waals surface area (Å²) in [5, 5.41) is 0.812. The van der Waals surface area contributed by atoms with Gasteiger partial charge >= 0.3 is 5.97 Å². The zero-order valence-electron chi connectivity index (χ0n) is 16.4. The molecule has 5 nitrogen and oxygen atoms in total. The van der Waals surface area contributed by atoms with Crippen LogP contribution in [0.15, 0.2) is 71.6 Å². The molecule has 1 aliphatic heterocycles. The fourth-order valence-corrected chi connectivity index (χ4v) is 5.58. The lowest BCUT2D eigenvalue weighted by Crippen LogP contribution is -2.35. The first-order chi connectivity index (χ1) is 14.9. The Hall–Kier alpha value is -2.54. The zero-order valence-corrected chi connectivity index (χ0v) is 18.8. The Morgan fingerprint density at radius 3 is 2.32 bits per heavy atom. The smallest absolute Gasteiger partial charge is 0.338 e. The molecule has 3 aromatic carbocycles. The third kappa shape index (κ3) is 4.42. The van der Waals surface area contributed by atoms with E-state index in [0.29, 0.717) is 27.8 Å². The van der Waals surface area contributed by atoms with Crippen molar-refractivity contribution in [3.05, 3.63) is 93.5 Å². The maximum atomic E-state index is 13.2. The normalized spacial score (nSPS) is 13.5. The van der Waals surface area contributed by atoms with E-state index in [2.05, 4.69) is 0 Å². The molecule has 0 saturated carbocycles. The Morgan fingerprint density at radius 1 is 0.935 bits per heavy atom. The van der Waals surface area contributed by atoms with Crippen LogP contribution in [0.25, 0.3) is 0 Å². The van der Waals surface area contributed by atoms with E-state index < -0.39 is 16.0 Å². The highest BCUT2D eigenvalue weighted by molar-refractivity contribution is 7.92. The Kier molecular flexibility index (Phi) is 6.23. The Bertz CT molecular complexity index is 1210. The van der Waals surface area contributed by atoms with Gasteiger partial charge in [-0.3, -0.25) is 4.31 Å². The molecule has 0 bridgehead atoms. The summed E-state index contributed by atoms with van der Waals surface area (Å²) >= 11 is 12.2. The van der Waals surface area contributed by atoms with Crippen LogP contribution in [-0.4, -0.2) is 20.9 Å². The predicted octanol–water partition coefficient (Wildman–Crippen LogP) is 5.49. The highest BCUT2D eigenvalue weighted by Crippen LogP contribution is 2.32. The fraction of sp³-hybridized carbons (Fsp3) is 0.174. The van der Waals surface area contributed by atoms with Gasteiger partial charge in [0, 0.05) is 22.2 Å². The number of ether oxygens (including phenoxy) is 1. The molecule has 1 heterocycles. The maximum absolute atomic E-state index is 13.2. The first kappa shape index (κ1) is 21.7. The lowest BCUT2D eigenvalue weighted by molar-refractivity contribution is 0.0473. The van der Waals surface area contributed by atoms with E-state index in [1.54, 1.807) is 18.2 Å². The minimum absolute atomic E-state index is 0.0814. The number of para-hydroxylation sites is 1. The molecule has 3 aromatic rings. The number of hydrogen-bond acceptors (Lipinski definition) is 4. The van der Waals surface area contributed by atoms with E-state index >= 15 is 0 Å². The lowest BCUT2D eigenvalue weighted by Gasteiger charge is -2.30. The number of benzene rings is 3. The molecule has 0 fully saturated rings. The van der Waals surface area contributed by atoms with Crippen molar-refractivity contribution in [2.75, 3.05) is 10.8 Å². The van der Waals surface area contributed by atoms with E-state index in [-0.39, 0.29) is 17.1 Å². The van der Waals surface area contributed by atoms with E-state index in [1.165, 1.54) is 28.6 Å². The topological polar surface area (TPSA) is 63.7 Å². The Morgan fingerprint density at radius 2 is 1.61 bits per heavy atom. The van der Waals surface area contributed by atoms with Crippen LogP contribution in [-0.2, 0) is 27.8 Å². The number of halogens is 2. The van der Waals surface area contributed by atoms with Gasteiger partial charge in [-0.25, -0.2) is 13.2 Å². The summed E-state index contributed by atoms with van der Waals surface area (Å²) in [6, 6.07) is 18.3. The molecule has 0 spiro atoms. The monoisotopic (exact) mass is 475 g/mol. The highest BCUT2D eigenvalue weighted by Gasteiger charge is 2.29. The van der Waals surface area contributed by atoms with Crippen LogP contribution in [0, 0.1) is 0 Å². The van der Waals surface area contributed by atoms with Crippen molar-refractivity contribution in [1.29, 1.82) is 0 Å². The number of fused-ring (bicyclic) bond motifs is 1. The van der Waals surface area contributed by atoms with Gasteiger partial charge in [-0.1, -0.05) is 47.5 Å². The average Bonchev–Trinajstić information content (AvgIpc) is 2.78. The van der Waals surface area contributed by atoms with Gasteiger partial charge in [-0.15, -0.1) is 0 Å². The molecule has 31 heavy (non-hydrogen) atoms. The maximum Gasteiger partial charge on any atom is 0.338 e. The van der Waals surface area contributed by atoms with Crippen molar-refractivity contribution in [3.63, 3.8) is 0 Å². The molecule has 8 heteroatoms. The van der Waals surface area contributed by atoms with E-state index in [1.807, 2.05) is 24.3 Å². The molecular weight excluding hydrogens is 457 g/mol. The molecule has 0 radical (unpaired) electrons. The first-order valence-corrected chi connectivity index (χ1v) is 11.9. The van der Waals surface area contributed by atoms with Gasteiger partial charge in [0.15, 0.2) is 0 Å². The number of esters is 1. The molecule has 0 saturated heterocycles. The molecule has 0 amide bonds. The van der Waals surface area contributed by atoms with Crippen LogP contribution in [0.2, 0.25) is 10.0 Å². The average molecular weight is 476 g/mol. The van der Waals surface area contributed by atoms with Crippen LogP contribution >= 0.6 is 23.2 Å². The molecule has 1 aliphatic rings. The fourth-order valence-electron chi connectivity index (χ4n) is 3.53. The van der Waals surface area contributed by atoms with Crippen LogP contribution in [0.5, 0.6) is 0 Å². The Labute approximate surface area is 191 Å². The molecule has 0 aliphatic carbocycles. The second kappa shape index (κ2) is 8.91. The number of rotatable bonds is 5. The number of anilines is 1. The van der Waals surface area contributed by atoms with Crippen LogP contribution in [0.3, 0.4) is 0 Å². The highest BCUT2D eigenvalue weighted by atomic mass is 35.5. The van der Waals surface area contributed by atoms with Crippen molar-refractivity contribution in [2.24, 2.45) is 0 Å². The summed E-state index contributed by atoms with van der Waals surface area (Å²) in [6.07, 6.45) is 1.60. The largest absolute Gasteiger partial charge is 0.457 e. The number of carbonyl (C=O) groups is 1. The van der Waals surface area contributed by atoms with Crippen LogP contribution < -0.4 is 4.31 Å². The summed E-state index contributed by atoms with van der Waals surface area (Å²) in [5.41, 5.74) is 2.47. The van der Waals surface area contributed by atoms with Crippen molar-refractivity contribution in [2.45, 2.75) is 24.3 Å². The SMILES string of the molecule is O=C(OCc1c(Cl)cccc1Cl)c1ccc(S(=O)(=O)N2CCCc3ccccc32)cc1. The predicted molar refractivity (Wildman–Crippen MR) is 121 cm³/mol. The quantitative estimate of drug-likeness (QED) is 0.457. The molecule has 0 aromatic heterocycles. The van der Waals surface area contributed by atoms with Gasteiger partial charge in [0.25, 0.3) is 10.0 Å². The number of carbonyl (C=O) groups excluding carboxylic acids is 1. The van der Waals surface area contributed by atoms with Crippen molar-refractivity contribution in [3.8, 4) is 0 Å². The minimum Gasteiger partial charge on any atom is -0.457 e. The minimum atomic E-state index is -3.74. The van der Waals surface area contributed by atoms with Crippen LogP contribution in [0.1, 0.15) is 27.9 Å². The van der Waals surface area contributed by atoms with Crippen LogP contribution in [0.4, 0.5) is 5.69 Å². The number of hydrogen-bond donors (Lipinski definition) is 0. The second-order valence-corrected chi connectivity index (χ2v) is 9.79.